The number of aliphatic hydroxyl groups excluding tert-OH is 1. The van der Waals surface area contributed by atoms with E-state index in [9.17, 15) is 0 Å². The molecule has 0 aromatic carbocycles. The van der Waals surface area contributed by atoms with Gasteiger partial charge in [0.25, 0.3) is 0 Å². The molecule has 0 bridgehead atoms. The fourth-order valence-corrected chi connectivity index (χ4v) is 2.38. The molecule has 0 fully saturated rings. The molecule has 0 spiro atoms. The van der Waals surface area contributed by atoms with Crippen molar-refractivity contribution in [3.8, 4) is 0 Å². The highest BCUT2D eigenvalue weighted by Crippen LogP contribution is 2.12. The first-order valence-corrected chi connectivity index (χ1v) is 6.14. The third-order valence-corrected chi connectivity index (χ3v) is 3.19. The van der Waals surface area contributed by atoms with Crippen LogP contribution in [-0.4, -0.2) is 36.1 Å². The van der Waals surface area contributed by atoms with E-state index in [2.05, 4.69) is 15.3 Å². The van der Waals surface area contributed by atoms with Crippen LogP contribution in [0.25, 0.3) is 4.96 Å². The molecule has 88 valence electrons. The second-order valence-electron chi connectivity index (χ2n) is 3.71. The maximum Gasteiger partial charge on any atom is 0.193 e. The number of thiazole rings is 1. The first-order valence-electron chi connectivity index (χ1n) is 5.26. The van der Waals surface area contributed by atoms with E-state index in [0.717, 1.165) is 16.3 Å². The van der Waals surface area contributed by atoms with Gasteiger partial charge in [0.05, 0.1) is 17.9 Å². The molecule has 17 heavy (non-hydrogen) atoms. The Morgan fingerprint density at radius 3 is 3.06 bits per heavy atom. The topological polar surface area (TPSA) is 68.2 Å². The zero-order valence-electron chi connectivity index (χ0n) is 9.02. The van der Waals surface area contributed by atoms with E-state index >= 15 is 0 Å². The molecule has 6 nitrogen and oxygen atoms in total. The van der Waals surface area contributed by atoms with Crippen LogP contribution in [0.4, 0.5) is 0 Å². The molecule has 3 heterocycles. The fraction of sp³-hybridized carbons (Fsp3) is 0.300. The van der Waals surface area contributed by atoms with Crippen molar-refractivity contribution < 1.29 is 5.11 Å². The lowest BCUT2D eigenvalue weighted by atomic mass is 10.3. The first kappa shape index (κ1) is 10.4. The van der Waals surface area contributed by atoms with Crippen molar-refractivity contribution in [3.63, 3.8) is 0 Å². The van der Waals surface area contributed by atoms with Gasteiger partial charge in [-0.05, 0) is 0 Å². The summed E-state index contributed by atoms with van der Waals surface area (Å²) in [6.45, 7) is 0.700. The van der Waals surface area contributed by atoms with E-state index in [4.69, 9.17) is 5.11 Å². The monoisotopic (exact) mass is 249 g/mol. The molecule has 3 aromatic rings. The molecule has 0 atom stereocenters. The smallest absolute Gasteiger partial charge is 0.193 e. The summed E-state index contributed by atoms with van der Waals surface area (Å²) < 4.78 is 3.73. The Balaban J connectivity index is 1.79. The molecular formula is C10H11N5OS. The van der Waals surface area contributed by atoms with Crippen LogP contribution in [0.15, 0.2) is 24.0 Å². The molecule has 0 amide bonds. The second-order valence-corrected chi connectivity index (χ2v) is 4.58. The van der Waals surface area contributed by atoms with E-state index < -0.39 is 0 Å². The van der Waals surface area contributed by atoms with Gasteiger partial charge in [0, 0.05) is 37.0 Å². The van der Waals surface area contributed by atoms with Gasteiger partial charge in [-0.25, -0.2) is 9.67 Å². The Morgan fingerprint density at radius 2 is 2.24 bits per heavy atom. The van der Waals surface area contributed by atoms with Gasteiger partial charge < -0.3 is 5.11 Å². The average Bonchev–Trinajstić information content (AvgIpc) is 2.95. The molecule has 0 saturated heterocycles. The van der Waals surface area contributed by atoms with E-state index in [1.807, 2.05) is 28.4 Å². The number of aliphatic hydroxyl groups is 1. The second kappa shape index (κ2) is 4.27. The number of hydrogen-bond donors (Lipinski definition) is 1. The molecule has 0 radical (unpaired) electrons. The summed E-state index contributed by atoms with van der Waals surface area (Å²) in [4.78, 5) is 5.45. The molecule has 0 aliphatic heterocycles. The summed E-state index contributed by atoms with van der Waals surface area (Å²) in [5, 5.41) is 18.8. The Labute approximate surface area is 101 Å². The number of nitrogens with zero attached hydrogens (tertiary/aromatic N) is 5. The molecule has 0 aliphatic rings. The quantitative estimate of drug-likeness (QED) is 0.734. The van der Waals surface area contributed by atoms with E-state index in [0.29, 0.717) is 13.0 Å². The fourth-order valence-electron chi connectivity index (χ4n) is 1.66. The first-order chi connectivity index (χ1) is 8.35. The lowest BCUT2D eigenvalue weighted by molar-refractivity contribution is 0.298. The van der Waals surface area contributed by atoms with E-state index in [1.54, 1.807) is 16.0 Å². The summed E-state index contributed by atoms with van der Waals surface area (Å²) in [5.41, 5.74) is 1.76. The molecule has 0 saturated carbocycles. The highest BCUT2D eigenvalue weighted by atomic mass is 32.1. The molecule has 3 rings (SSSR count). The van der Waals surface area contributed by atoms with Gasteiger partial charge in [-0.2, -0.15) is 0 Å². The van der Waals surface area contributed by atoms with Gasteiger partial charge in [-0.3, -0.25) is 4.40 Å². The maximum atomic E-state index is 8.79. The Morgan fingerprint density at radius 1 is 1.29 bits per heavy atom. The van der Waals surface area contributed by atoms with Gasteiger partial charge in [-0.1, -0.05) is 5.21 Å². The summed E-state index contributed by atoms with van der Waals surface area (Å²) in [7, 11) is 0. The molecule has 3 aromatic heterocycles. The van der Waals surface area contributed by atoms with Gasteiger partial charge in [0.15, 0.2) is 4.96 Å². The third-order valence-electron chi connectivity index (χ3n) is 2.42. The van der Waals surface area contributed by atoms with Crippen molar-refractivity contribution in [1.29, 1.82) is 0 Å². The van der Waals surface area contributed by atoms with Crippen LogP contribution in [0, 0.1) is 0 Å². The van der Waals surface area contributed by atoms with Crippen LogP contribution >= 0.6 is 11.3 Å². The van der Waals surface area contributed by atoms with Crippen molar-refractivity contribution in [2.45, 2.75) is 13.0 Å². The van der Waals surface area contributed by atoms with Gasteiger partial charge in [0.1, 0.15) is 0 Å². The minimum atomic E-state index is 0.0961. The minimum Gasteiger partial charge on any atom is -0.396 e. The Kier molecular flexibility index (Phi) is 2.62. The number of rotatable bonds is 4. The molecule has 0 aliphatic carbocycles. The predicted molar refractivity (Wildman–Crippen MR) is 63.0 cm³/mol. The predicted octanol–water partition coefficient (Wildman–Crippen LogP) is 0.570. The van der Waals surface area contributed by atoms with Crippen molar-refractivity contribution in [2.75, 3.05) is 6.61 Å². The van der Waals surface area contributed by atoms with Crippen LogP contribution in [0.1, 0.15) is 11.4 Å². The van der Waals surface area contributed by atoms with Crippen molar-refractivity contribution >= 4 is 16.3 Å². The molecular weight excluding hydrogens is 238 g/mol. The standard InChI is InChI=1S/C10H11N5OS/c16-3-1-8-6-15(13-12-8)7-9-5-14-2-4-17-10(14)11-9/h2,4-6,16H,1,3,7H2. The van der Waals surface area contributed by atoms with Crippen LogP contribution < -0.4 is 0 Å². The van der Waals surface area contributed by atoms with Crippen molar-refractivity contribution in [3.05, 3.63) is 35.4 Å². The zero-order chi connectivity index (χ0) is 11.7. The summed E-state index contributed by atoms with van der Waals surface area (Å²) >= 11 is 1.61. The summed E-state index contributed by atoms with van der Waals surface area (Å²) in [5.74, 6) is 0. The molecule has 1 N–H and O–H groups in total. The van der Waals surface area contributed by atoms with Gasteiger partial charge >= 0.3 is 0 Å². The zero-order valence-corrected chi connectivity index (χ0v) is 9.84. The van der Waals surface area contributed by atoms with Gasteiger partial charge in [-0.15, -0.1) is 16.4 Å². The molecule has 7 heteroatoms. The van der Waals surface area contributed by atoms with E-state index in [1.165, 1.54) is 0 Å². The number of imidazole rings is 1. The largest absolute Gasteiger partial charge is 0.396 e. The number of fused-ring (bicyclic) bond motifs is 1. The van der Waals surface area contributed by atoms with Crippen LogP contribution in [0.5, 0.6) is 0 Å². The normalized spacial score (nSPS) is 11.4. The Hall–Kier alpha value is -1.73. The van der Waals surface area contributed by atoms with Crippen LogP contribution in [0.3, 0.4) is 0 Å². The minimum absolute atomic E-state index is 0.0961. The summed E-state index contributed by atoms with van der Waals surface area (Å²) in [6.07, 6.45) is 6.34. The highest BCUT2D eigenvalue weighted by molar-refractivity contribution is 7.15. The lowest BCUT2D eigenvalue weighted by Crippen LogP contribution is -2.00. The maximum absolute atomic E-state index is 8.79. The lowest BCUT2D eigenvalue weighted by Gasteiger charge is -1.94. The van der Waals surface area contributed by atoms with Crippen LogP contribution in [-0.2, 0) is 13.0 Å². The SMILES string of the molecule is OCCc1cn(Cc2cn3ccsc3n2)nn1. The Bertz CT molecular complexity index is 597. The average molecular weight is 249 g/mol. The molecule has 0 unspecified atom stereocenters. The number of hydrogen-bond acceptors (Lipinski definition) is 5. The third kappa shape index (κ3) is 2.06. The summed E-state index contributed by atoms with van der Waals surface area (Å²) in [6, 6.07) is 0. The van der Waals surface area contributed by atoms with Crippen molar-refractivity contribution in [1.82, 2.24) is 24.4 Å². The van der Waals surface area contributed by atoms with Crippen LogP contribution in [0.2, 0.25) is 0 Å². The van der Waals surface area contributed by atoms with Crippen molar-refractivity contribution in [2.24, 2.45) is 0 Å². The highest BCUT2D eigenvalue weighted by Gasteiger charge is 2.05. The number of aromatic nitrogens is 5. The van der Waals surface area contributed by atoms with Gasteiger partial charge in [0.2, 0.25) is 0 Å². The van der Waals surface area contributed by atoms with E-state index in [-0.39, 0.29) is 6.61 Å².